The van der Waals surface area contributed by atoms with Crippen LogP contribution in [0.25, 0.3) is 0 Å². The fourth-order valence-electron chi connectivity index (χ4n) is 2.44. The van der Waals surface area contributed by atoms with E-state index in [1.807, 2.05) is 13.8 Å². The van der Waals surface area contributed by atoms with Gasteiger partial charge < -0.3 is 0 Å². The first-order valence-electron chi connectivity index (χ1n) is 7.26. The Bertz CT molecular complexity index is 577. The minimum atomic E-state index is -0.730. The van der Waals surface area contributed by atoms with Crippen LogP contribution in [0.4, 0.5) is 0 Å². The third kappa shape index (κ3) is 2.59. The van der Waals surface area contributed by atoms with Crippen molar-refractivity contribution in [1.82, 2.24) is 10.1 Å². The lowest BCUT2D eigenvalue weighted by molar-refractivity contribution is -0.267. The quantitative estimate of drug-likeness (QED) is 0.547. The summed E-state index contributed by atoms with van der Waals surface area (Å²) in [6, 6.07) is 0. The molecule has 4 amide bonds. The maximum atomic E-state index is 12.3. The second-order valence-electron chi connectivity index (χ2n) is 5.22. The molecule has 1 fully saturated rings. The summed E-state index contributed by atoms with van der Waals surface area (Å²) in [5.74, 6) is -2.58. The van der Waals surface area contributed by atoms with Gasteiger partial charge in [-0.05, 0) is 12.8 Å². The Labute approximate surface area is 128 Å². The molecule has 0 atom stereocenters. The molecule has 2 aliphatic rings. The minimum Gasteiger partial charge on any atom is -0.272 e. The van der Waals surface area contributed by atoms with Crippen molar-refractivity contribution in [3.63, 3.8) is 0 Å². The zero-order valence-corrected chi connectivity index (χ0v) is 12.7. The first-order valence-corrected chi connectivity index (χ1v) is 7.26. The van der Waals surface area contributed by atoms with Gasteiger partial charge in [0.1, 0.15) is 0 Å². The molecule has 0 bridgehead atoms. The maximum absolute atomic E-state index is 12.3. The highest BCUT2D eigenvalue weighted by Gasteiger charge is 2.43. The van der Waals surface area contributed by atoms with Crippen molar-refractivity contribution in [3.05, 3.63) is 23.3 Å². The number of carbonyl (C=O) groups is 4. The van der Waals surface area contributed by atoms with E-state index in [0.717, 1.165) is 0 Å². The molecule has 0 aromatic carbocycles. The largest absolute Gasteiger partial charge is 0.283 e. The zero-order chi connectivity index (χ0) is 16.4. The van der Waals surface area contributed by atoms with Gasteiger partial charge in [-0.2, -0.15) is 0 Å². The average molecular weight is 306 g/mol. The highest BCUT2D eigenvalue weighted by Crippen LogP contribution is 2.29. The van der Waals surface area contributed by atoms with Crippen molar-refractivity contribution < 1.29 is 24.1 Å². The van der Waals surface area contributed by atoms with Crippen LogP contribution in [-0.4, -0.2) is 33.8 Å². The summed E-state index contributed by atoms with van der Waals surface area (Å²) in [6.45, 7) is 7.24. The molecular weight excluding hydrogens is 288 g/mol. The van der Waals surface area contributed by atoms with Crippen LogP contribution in [0.5, 0.6) is 0 Å². The van der Waals surface area contributed by atoms with Gasteiger partial charge in [-0.25, -0.2) is 0 Å². The van der Waals surface area contributed by atoms with Crippen LogP contribution in [-0.2, 0) is 24.1 Å². The molecule has 2 heterocycles. The normalized spacial score (nSPS) is 19.3. The molecule has 7 heteroatoms. The lowest BCUT2D eigenvalue weighted by Crippen LogP contribution is -2.42. The summed E-state index contributed by atoms with van der Waals surface area (Å²) in [5, 5.41) is 0.932. The molecule has 2 rings (SSSR count). The lowest BCUT2D eigenvalue weighted by Gasteiger charge is -2.19. The monoisotopic (exact) mass is 306 g/mol. The Morgan fingerprint density at radius 2 is 1.41 bits per heavy atom. The van der Waals surface area contributed by atoms with Crippen LogP contribution >= 0.6 is 0 Å². The number of imide groups is 2. The Hall–Kier alpha value is -2.28. The Balaban J connectivity index is 2.22. The molecule has 7 nitrogen and oxygen atoms in total. The van der Waals surface area contributed by atoms with Crippen LogP contribution < -0.4 is 0 Å². The van der Waals surface area contributed by atoms with Gasteiger partial charge in [0.05, 0.1) is 6.42 Å². The Kier molecular flexibility index (Phi) is 4.56. The molecular formula is C15H18N2O5. The van der Waals surface area contributed by atoms with Crippen molar-refractivity contribution in [3.8, 4) is 0 Å². The molecule has 1 saturated heterocycles. The first kappa shape index (κ1) is 16.1. The topological polar surface area (TPSA) is 84.0 Å². The molecule has 0 aromatic rings. The standard InChI is InChI=1S/C15H18N2O5/c1-4-6-10-11(7-5-2)15(21)17(14(10)20)22-16-12(18)8-9(3)13(16)19/h3-8H2,1-2H3. The van der Waals surface area contributed by atoms with Crippen LogP contribution in [0, 0.1) is 0 Å². The average Bonchev–Trinajstić information content (AvgIpc) is 2.84. The third-order valence-electron chi connectivity index (χ3n) is 3.49. The molecule has 0 aromatic heterocycles. The van der Waals surface area contributed by atoms with E-state index in [9.17, 15) is 19.2 Å². The van der Waals surface area contributed by atoms with Crippen LogP contribution in [0.2, 0.25) is 0 Å². The SMILES string of the molecule is C=C1CC(=O)N(ON2C(=O)C(CCC)=C(CCC)C2=O)C1=O. The number of rotatable bonds is 6. The summed E-state index contributed by atoms with van der Waals surface area (Å²) in [6.07, 6.45) is 2.14. The van der Waals surface area contributed by atoms with E-state index in [1.165, 1.54) is 0 Å². The van der Waals surface area contributed by atoms with Gasteiger partial charge >= 0.3 is 0 Å². The van der Waals surface area contributed by atoms with Gasteiger partial charge in [0.2, 0.25) is 0 Å². The predicted octanol–water partition coefficient (Wildman–Crippen LogP) is 1.41. The van der Waals surface area contributed by atoms with Crippen LogP contribution in [0.15, 0.2) is 23.3 Å². The van der Waals surface area contributed by atoms with E-state index in [2.05, 4.69) is 6.58 Å². The summed E-state index contributed by atoms with van der Waals surface area (Å²) in [7, 11) is 0. The number of amides is 4. The summed E-state index contributed by atoms with van der Waals surface area (Å²) < 4.78 is 0. The third-order valence-corrected chi connectivity index (χ3v) is 3.49. The number of hydrogen-bond donors (Lipinski definition) is 0. The summed E-state index contributed by atoms with van der Waals surface area (Å²) in [4.78, 5) is 53.1. The van der Waals surface area contributed by atoms with Gasteiger partial charge in [-0.15, -0.1) is 15.1 Å². The number of nitrogens with zero attached hydrogens (tertiary/aromatic N) is 2. The Morgan fingerprint density at radius 1 is 0.909 bits per heavy atom. The predicted molar refractivity (Wildman–Crippen MR) is 75.4 cm³/mol. The van der Waals surface area contributed by atoms with E-state index in [0.29, 0.717) is 47.0 Å². The van der Waals surface area contributed by atoms with Crippen LogP contribution in [0.3, 0.4) is 0 Å². The number of hydroxylamine groups is 4. The first-order chi connectivity index (χ1) is 10.4. The molecule has 2 aliphatic heterocycles. The zero-order valence-electron chi connectivity index (χ0n) is 12.7. The second kappa shape index (κ2) is 6.23. The van der Waals surface area contributed by atoms with Gasteiger partial charge in [0, 0.05) is 16.7 Å². The van der Waals surface area contributed by atoms with E-state index < -0.39 is 23.6 Å². The van der Waals surface area contributed by atoms with Gasteiger partial charge in [0.25, 0.3) is 23.6 Å². The van der Waals surface area contributed by atoms with Gasteiger partial charge in [0.15, 0.2) is 0 Å². The molecule has 22 heavy (non-hydrogen) atoms. The molecule has 0 radical (unpaired) electrons. The lowest BCUT2D eigenvalue weighted by atomic mass is 10.0. The number of carbonyl (C=O) groups excluding carboxylic acids is 4. The van der Waals surface area contributed by atoms with E-state index in [4.69, 9.17) is 4.94 Å². The molecule has 0 unspecified atom stereocenters. The van der Waals surface area contributed by atoms with E-state index in [-0.39, 0.29) is 12.0 Å². The second-order valence-corrected chi connectivity index (χ2v) is 5.22. The van der Waals surface area contributed by atoms with Crippen molar-refractivity contribution in [2.45, 2.75) is 46.0 Å². The van der Waals surface area contributed by atoms with Crippen molar-refractivity contribution in [2.24, 2.45) is 0 Å². The van der Waals surface area contributed by atoms with Crippen molar-refractivity contribution in [2.75, 3.05) is 0 Å². The highest BCUT2D eigenvalue weighted by molar-refractivity contribution is 6.19. The molecule has 118 valence electrons. The van der Waals surface area contributed by atoms with Crippen molar-refractivity contribution in [1.29, 1.82) is 0 Å². The molecule has 0 N–H and O–H groups in total. The minimum absolute atomic E-state index is 0.0691. The molecule has 0 spiro atoms. The van der Waals surface area contributed by atoms with Gasteiger partial charge in [-0.1, -0.05) is 33.3 Å². The maximum Gasteiger partial charge on any atom is 0.283 e. The molecule has 0 saturated carbocycles. The summed E-state index contributed by atoms with van der Waals surface area (Å²) in [5.41, 5.74) is 0.860. The Morgan fingerprint density at radius 3 is 1.77 bits per heavy atom. The molecule has 0 aliphatic carbocycles. The van der Waals surface area contributed by atoms with E-state index in [1.54, 1.807) is 0 Å². The van der Waals surface area contributed by atoms with Crippen LogP contribution in [0.1, 0.15) is 46.0 Å². The number of hydrogen-bond acceptors (Lipinski definition) is 5. The van der Waals surface area contributed by atoms with Gasteiger partial charge in [-0.3, -0.25) is 19.2 Å². The summed E-state index contributed by atoms with van der Waals surface area (Å²) >= 11 is 0. The smallest absolute Gasteiger partial charge is 0.272 e. The fraction of sp³-hybridized carbons (Fsp3) is 0.467. The fourth-order valence-corrected chi connectivity index (χ4v) is 2.44. The van der Waals surface area contributed by atoms with Crippen molar-refractivity contribution >= 4 is 23.6 Å². The van der Waals surface area contributed by atoms with E-state index >= 15 is 0 Å². The highest BCUT2D eigenvalue weighted by atomic mass is 16.9.